The first-order valence-corrected chi connectivity index (χ1v) is 7.59. The summed E-state index contributed by atoms with van der Waals surface area (Å²) in [5.41, 5.74) is 1.58. The fourth-order valence-corrected chi connectivity index (χ4v) is 2.94. The minimum atomic E-state index is -0.243. The van der Waals surface area contributed by atoms with E-state index in [0.717, 1.165) is 5.56 Å². The van der Waals surface area contributed by atoms with Crippen molar-refractivity contribution in [3.63, 3.8) is 0 Å². The maximum absolute atomic E-state index is 12.3. The number of nitrogens with zero attached hydrogens (tertiary/aromatic N) is 2. The number of nitrogens with one attached hydrogen (secondary N) is 1. The lowest BCUT2D eigenvalue weighted by Gasteiger charge is -2.12. The van der Waals surface area contributed by atoms with Gasteiger partial charge in [-0.1, -0.05) is 29.3 Å². The van der Waals surface area contributed by atoms with Gasteiger partial charge in [-0.15, -0.1) is 0 Å². The first kappa shape index (κ1) is 15.6. The third-order valence-corrected chi connectivity index (χ3v) is 4.28. The Morgan fingerprint density at radius 1 is 1.43 bits per heavy atom. The number of carbonyl (C=O) groups is 1. The molecular formula is C16H11Cl2N3O2. The van der Waals surface area contributed by atoms with Crippen LogP contribution in [-0.4, -0.2) is 17.5 Å². The Hall–Kier alpha value is -2.29. The summed E-state index contributed by atoms with van der Waals surface area (Å²) in [6.07, 6.45) is 1.69. The Balaban J connectivity index is 1.73. The number of benzene rings is 1. The third kappa shape index (κ3) is 3.09. The SMILES string of the molecule is N#Cc1c(Cl)ccc(CC(=O)NC2COc3ncccc32)c1Cl. The molecule has 0 fully saturated rings. The van der Waals surface area contributed by atoms with E-state index in [1.165, 1.54) is 0 Å². The van der Waals surface area contributed by atoms with E-state index in [0.29, 0.717) is 18.1 Å². The van der Waals surface area contributed by atoms with Gasteiger partial charge in [0.2, 0.25) is 11.8 Å². The van der Waals surface area contributed by atoms with E-state index in [2.05, 4.69) is 10.3 Å². The van der Waals surface area contributed by atoms with Gasteiger partial charge in [0.15, 0.2) is 0 Å². The molecule has 0 radical (unpaired) electrons. The van der Waals surface area contributed by atoms with Crippen LogP contribution in [0.5, 0.6) is 5.88 Å². The Bertz CT molecular complexity index is 817. The van der Waals surface area contributed by atoms with Crippen LogP contribution < -0.4 is 10.1 Å². The van der Waals surface area contributed by atoms with Crippen LogP contribution in [0.3, 0.4) is 0 Å². The number of aromatic nitrogens is 1. The number of rotatable bonds is 3. The molecule has 2 aromatic rings. The number of hydrogen-bond acceptors (Lipinski definition) is 4. The third-order valence-electron chi connectivity index (χ3n) is 3.53. The van der Waals surface area contributed by atoms with Crippen LogP contribution in [0.1, 0.15) is 22.7 Å². The summed E-state index contributed by atoms with van der Waals surface area (Å²) >= 11 is 12.0. The van der Waals surface area contributed by atoms with Crippen molar-refractivity contribution in [1.82, 2.24) is 10.3 Å². The van der Waals surface area contributed by atoms with Gasteiger partial charge >= 0.3 is 0 Å². The maximum atomic E-state index is 12.3. The van der Waals surface area contributed by atoms with Gasteiger partial charge in [0, 0.05) is 11.8 Å². The molecule has 0 bridgehead atoms. The highest BCUT2D eigenvalue weighted by atomic mass is 35.5. The van der Waals surface area contributed by atoms with Crippen molar-refractivity contribution >= 4 is 29.1 Å². The van der Waals surface area contributed by atoms with Gasteiger partial charge in [0.25, 0.3) is 0 Å². The zero-order valence-electron chi connectivity index (χ0n) is 11.8. The molecule has 0 spiro atoms. The summed E-state index contributed by atoms with van der Waals surface area (Å²) in [6, 6.07) is 8.56. The van der Waals surface area contributed by atoms with Crippen molar-refractivity contribution in [3.8, 4) is 11.9 Å². The van der Waals surface area contributed by atoms with Gasteiger partial charge in [0.1, 0.15) is 12.7 Å². The van der Waals surface area contributed by atoms with Crippen LogP contribution in [0, 0.1) is 11.3 Å². The summed E-state index contributed by atoms with van der Waals surface area (Å²) in [6.45, 7) is 0.343. The van der Waals surface area contributed by atoms with Crippen LogP contribution in [0.25, 0.3) is 0 Å². The zero-order chi connectivity index (χ0) is 16.4. The molecule has 116 valence electrons. The number of ether oxygens (including phenoxy) is 1. The van der Waals surface area contributed by atoms with Crippen molar-refractivity contribution < 1.29 is 9.53 Å². The van der Waals surface area contributed by atoms with E-state index < -0.39 is 0 Å². The lowest BCUT2D eigenvalue weighted by atomic mass is 10.1. The Labute approximate surface area is 142 Å². The number of halogens is 2. The molecule has 1 amide bonds. The van der Waals surface area contributed by atoms with E-state index in [1.54, 1.807) is 24.4 Å². The first-order chi connectivity index (χ1) is 11.1. The number of hydrogen-bond donors (Lipinski definition) is 1. The molecular weight excluding hydrogens is 337 g/mol. The van der Waals surface area contributed by atoms with E-state index in [-0.39, 0.29) is 34.0 Å². The summed E-state index contributed by atoms with van der Waals surface area (Å²) in [5, 5.41) is 12.4. The molecule has 23 heavy (non-hydrogen) atoms. The molecule has 0 aliphatic carbocycles. The zero-order valence-corrected chi connectivity index (χ0v) is 13.4. The number of pyridine rings is 1. The van der Waals surface area contributed by atoms with E-state index in [4.69, 9.17) is 33.2 Å². The Kier molecular flexibility index (Phi) is 4.37. The quantitative estimate of drug-likeness (QED) is 0.925. The lowest BCUT2D eigenvalue weighted by molar-refractivity contribution is -0.121. The molecule has 0 saturated carbocycles. The van der Waals surface area contributed by atoms with Gasteiger partial charge in [0.05, 0.1) is 28.1 Å². The second-order valence-electron chi connectivity index (χ2n) is 5.01. The second kappa shape index (κ2) is 6.45. The summed E-state index contributed by atoms with van der Waals surface area (Å²) in [4.78, 5) is 16.4. The molecule has 0 saturated heterocycles. The molecule has 1 unspecified atom stereocenters. The highest BCUT2D eigenvalue weighted by Crippen LogP contribution is 2.30. The number of amides is 1. The minimum Gasteiger partial charge on any atom is -0.475 e. The summed E-state index contributed by atoms with van der Waals surface area (Å²) in [5.74, 6) is 0.317. The smallest absolute Gasteiger partial charge is 0.225 e. The monoisotopic (exact) mass is 347 g/mol. The van der Waals surface area contributed by atoms with Gasteiger partial charge in [-0.25, -0.2) is 4.98 Å². The second-order valence-corrected chi connectivity index (χ2v) is 5.80. The lowest BCUT2D eigenvalue weighted by Crippen LogP contribution is -2.30. The maximum Gasteiger partial charge on any atom is 0.225 e. The largest absolute Gasteiger partial charge is 0.475 e. The van der Waals surface area contributed by atoms with Gasteiger partial charge < -0.3 is 10.1 Å². The van der Waals surface area contributed by atoms with Crippen molar-refractivity contribution in [2.24, 2.45) is 0 Å². The van der Waals surface area contributed by atoms with Gasteiger partial charge in [-0.05, 0) is 23.8 Å². The van der Waals surface area contributed by atoms with Crippen LogP contribution in [0.15, 0.2) is 30.5 Å². The van der Waals surface area contributed by atoms with E-state index in [1.807, 2.05) is 12.1 Å². The summed E-state index contributed by atoms with van der Waals surface area (Å²) in [7, 11) is 0. The molecule has 1 aliphatic rings. The van der Waals surface area contributed by atoms with Crippen LogP contribution in [0.4, 0.5) is 0 Å². The fraction of sp³-hybridized carbons (Fsp3) is 0.188. The van der Waals surface area contributed by atoms with Crippen LogP contribution in [-0.2, 0) is 11.2 Å². The summed E-state index contributed by atoms with van der Waals surface area (Å²) < 4.78 is 5.43. The minimum absolute atomic E-state index is 0.0524. The topological polar surface area (TPSA) is 75.0 Å². The molecule has 1 aliphatic heterocycles. The molecule has 5 nitrogen and oxygen atoms in total. The molecule has 3 rings (SSSR count). The first-order valence-electron chi connectivity index (χ1n) is 6.84. The molecule has 7 heteroatoms. The molecule has 1 N–H and O–H groups in total. The Morgan fingerprint density at radius 2 is 2.26 bits per heavy atom. The van der Waals surface area contributed by atoms with Crippen molar-refractivity contribution in [1.29, 1.82) is 5.26 Å². The number of fused-ring (bicyclic) bond motifs is 1. The standard InChI is InChI=1S/C16H11Cl2N3O2/c17-12-4-3-9(15(18)11(12)7-19)6-14(22)21-13-8-23-16-10(13)2-1-5-20-16/h1-5,13H,6,8H2,(H,21,22). The average molecular weight is 348 g/mol. The molecule has 1 aromatic heterocycles. The molecule has 1 aromatic carbocycles. The molecule has 1 atom stereocenters. The van der Waals surface area contributed by atoms with Crippen LogP contribution >= 0.6 is 23.2 Å². The molecule has 2 heterocycles. The predicted octanol–water partition coefficient (Wildman–Crippen LogP) is 3.05. The van der Waals surface area contributed by atoms with Gasteiger partial charge in [-0.3, -0.25) is 4.79 Å². The van der Waals surface area contributed by atoms with Crippen molar-refractivity contribution in [2.75, 3.05) is 6.61 Å². The highest BCUT2D eigenvalue weighted by molar-refractivity contribution is 6.37. The predicted molar refractivity (Wildman–Crippen MR) is 85.5 cm³/mol. The van der Waals surface area contributed by atoms with E-state index >= 15 is 0 Å². The van der Waals surface area contributed by atoms with Crippen LogP contribution in [0.2, 0.25) is 10.0 Å². The highest BCUT2D eigenvalue weighted by Gasteiger charge is 2.26. The van der Waals surface area contributed by atoms with E-state index in [9.17, 15) is 4.79 Å². The van der Waals surface area contributed by atoms with Gasteiger partial charge in [-0.2, -0.15) is 5.26 Å². The van der Waals surface area contributed by atoms with Crippen molar-refractivity contribution in [2.45, 2.75) is 12.5 Å². The number of nitriles is 1. The fourth-order valence-electron chi connectivity index (χ4n) is 2.41. The average Bonchev–Trinajstić information content (AvgIpc) is 2.94. The number of carbonyl (C=O) groups excluding carboxylic acids is 1. The van der Waals surface area contributed by atoms with Crippen molar-refractivity contribution in [3.05, 3.63) is 57.2 Å². The normalized spacial score (nSPS) is 15.4. The Morgan fingerprint density at radius 3 is 3.04 bits per heavy atom.